The van der Waals surface area contributed by atoms with Crippen molar-refractivity contribution in [2.75, 3.05) is 126 Å². The van der Waals surface area contributed by atoms with E-state index in [4.69, 9.17) is 46.8 Å². The predicted octanol–water partition coefficient (Wildman–Crippen LogP) is 2.34. The third-order valence-electron chi connectivity index (χ3n) is 5.12. The van der Waals surface area contributed by atoms with Gasteiger partial charge < -0.3 is 42.6 Å². The van der Waals surface area contributed by atoms with Crippen molar-refractivity contribution < 1.29 is 55.2 Å². The Morgan fingerprint density at radius 3 is 1.05 bits per heavy atom. The van der Waals surface area contributed by atoms with E-state index in [1.54, 1.807) is 18.2 Å². The molecule has 0 bridgehead atoms. The standard InChI is InChI=1S/C28H50O12S/c1-2-3-9-31-10-11-32-12-13-33-14-15-34-16-17-35-18-19-36-20-21-37-22-23-38-24-25-39-26-27-40-41(29,30)28-7-5-4-6-8-28/h4-8H,2-3,9-27H2,1H3. The fourth-order valence-corrected chi connectivity index (χ4v) is 3.88. The molecule has 0 aliphatic heterocycles. The van der Waals surface area contributed by atoms with Crippen molar-refractivity contribution in [3.05, 3.63) is 30.3 Å². The summed E-state index contributed by atoms with van der Waals surface area (Å²) in [6.45, 7) is 10.9. The van der Waals surface area contributed by atoms with Crippen LogP contribution in [-0.2, 0) is 56.9 Å². The molecule has 12 nitrogen and oxygen atoms in total. The van der Waals surface area contributed by atoms with Gasteiger partial charge in [-0.15, -0.1) is 0 Å². The first-order valence-corrected chi connectivity index (χ1v) is 15.7. The first-order valence-electron chi connectivity index (χ1n) is 14.3. The second-order valence-electron chi connectivity index (χ2n) is 8.45. The lowest BCUT2D eigenvalue weighted by molar-refractivity contribution is -0.0253. The average molecular weight is 611 g/mol. The Bertz CT molecular complexity index is 767. The van der Waals surface area contributed by atoms with Gasteiger partial charge in [-0.2, -0.15) is 8.42 Å². The molecule has 0 saturated heterocycles. The van der Waals surface area contributed by atoms with Gasteiger partial charge >= 0.3 is 0 Å². The van der Waals surface area contributed by atoms with Crippen LogP contribution in [0.15, 0.2) is 35.2 Å². The summed E-state index contributed by atoms with van der Waals surface area (Å²) in [5, 5.41) is 0. The minimum absolute atomic E-state index is 0.0538. The van der Waals surface area contributed by atoms with Crippen molar-refractivity contribution in [1.29, 1.82) is 0 Å². The molecule has 0 radical (unpaired) electrons. The van der Waals surface area contributed by atoms with E-state index in [1.807, 2.05) is 0 Å². The zero-order valence-corrected chi connectivity index (χ0v) is 25.4. The number of hydrogen-bond acceptors (Lipinski definition) is 12. The number of hydrogen-bond donors (Lipinski definition) is 0. The summed E-state index contributed by atoms with van der Waals surface area (Å²) in [6, 6.07) is 7.99. The van der Waals surface area contributed by atoms with E-state index in [0.29, 0.717) is 106 Å². The molecule has 1 aromatic carbocycles. The van der Waals surface area contributed by atoms with E-state index in [9.17, 15) is 8.42 Å². The summed E-state index contributed by atoms with van der Waals surface area (Å²) in [7, 11) is -3.75. The highest BCUT2D eigenvalue weighted by atomic mass is 32.2. The topological polar surface area (TPSA) is 126 Å². The molecule has 0 aliphatic rings. The molecule has 0 aliphatic carbocycles. The van der Waals surface area contributed by atoms with Gasteiger partial charge in [0.25, 0.3) is 10.1 Å². The zero-order chi connectivity index (χ0) is 29.5. The molecule has 0 N–H and O–H groups in total. The smallest absolute Gasteiger partial charge is 0.297 e. The molecular formula is C28H50O12S. The van der Waals surface area contributed by atoms with Crippen LogP contribution in [0.3, 0.4) is 0 Å². The maximum atomic E-state index is 11.9. The third-order valence-corrected chi connectivity index (χ3v) is 6.44. The predicted molar refractivity (Wildman–Crippen MR) is 152 cm³/mol. The van der Waals surface area contributed by atoms with Gasteiger partial charge in [0, 0.05) is 6.61 Å². The van der Waals surface area contributed by atoms with Crippen LogP contribution in [-0.4, -0.2) is 134 Å². The van der Waals surface area contributed by atoms with Crippen LogP contribution in [0.4, 0.5) is 0 Å². The summed E-state index contributed by atoms with van der Waals surface area (Å²) < 4.78 is 77.6. The highest BCUT2D eigenvalue weighted by Gasteiger charge is 2.13. The second-order valence-corrected chi connectivity index (χ2v) is 10.1. The highest BCUT2D eigenvalue weighted by molar-refractivity contribution is 7.86. The first kappa shape index (κ1) is 37.8. The molecule has 240 valence electrons. The van der Waals surface area contributed by atoms with Crippen LogP contribution in [0, 0.1) is 0 Å². The SMILES string of the molecule is CCCCOCCOCCOCCOCCOCCOCCOCCOCCOCCOS(=O)(=O)c1ccccc1. The lowest BCUT2D eigenvalue weighted by Crippen LogP contribution is -2.15. The Labute approximate surface area is 245 Å². The molecule has 0 saturated carbocycles. The Hall–Kier alpha value is -1.23. The molecule has 1 aromatic rings. The van der Waals surface area contributed by atoms with E-state index in [1.165, 1.54) is 12.1 Å². The molecule has 13 heteroatoms. The van der Waals surface area contributed by atoms with Crippen LogP contribution in [0.1, 0.15) is 19.8 Å². The van der Waals surface area contributed by atoms with Crippen molar-refractivity contribution in [3.8, 4) is 0 Å². The van der Waals surface area contributed by atoms with Gasteiger partial charge in [-0.05, 0) is 18.6 Å². The van der Waals surface area contributed by atoms with Crippen LogP contribution in [0.5, 0.6) is 0 Å². The molecule has 1 rings (SSSR count). The largest absolute Gasteiger partial charge is 0.379 e. The number of ether oxygens (including phenoxy) is 9. The Morgan fingerprint density at radius 1 is 0.439 bits per heavy atom. The Kier molecular flexibility index (Phi) is 26.6. The van der Waals surface area contributed by atoms with E-state index in [2.05, 4.69) is 6.92 Å². The van der Waals surface area contributed by atoms with Gasteiger partial charge in [0.2, 0.25) is 0 Å². The number of unbranched alkanes of at least 4 members (excludes halogenated alkanes) is 1. The Morgan fingerprint density at radius 2 is 0.732 bits per heavy atom. The first-order chi connectivity index (χ1) is 20.2. The molecule has 0 atom stereocenters. The van der Waals surface area contributed by atoms with Crippen molar-refractivity contribution in [1.82, 2.24) is 0 Å². The molecule has 0 amide bonds. The minimum atomic E-state index is -3.75. The van der Waals surface area contributed by atoms with Crippen LogP contribution in [0.2, 0.25) is 0 Å². The van der Waals surface area contributed by atoms with Crippen molar-refractivity contribution >= 4 is 10.1 Å². The minimum Gasteiger partial charge on any atom is -0.379 e. The maximum absolute atomic E-state index is 11.9. The summed E-state index contributed by atoms with van der Waals surface area (Å²) in [5.41, 5.74) is 0. The Balaban J connectivity index is 1.68. The van der Waals surface area contributed by atoms with Gasteiger partial charge in [-0.1, -0.05) is 31.5 Å². The highest BCUT2D eigenvalue weighted by Crippen LogP contribution is 2.10. The van der Waals surface area contributed by atoms with Crippen molar-refractivity contribution in [3.63, 3.8) is 0 Å². The van der Waals surface area contributed by atoms with Crippen molar-refractivity contribution in [2.24, 2.45) is 0 Å². The van der Waals surface area contributed by atoms with Crippen LogP contribution in [0.25, 0.3) is 0 Å². The molecule has 0 unspecified atom stereocenters. The van der Waals surface area contributed by atoms with Crippen LogP contribution < -0.4 is 0 Å². The fourth-order valence-electron chi connectivity index (χ4n) is 2.97. The van der Waals surface area contributed by atoms with Gasteiger partial charge in [-0.25, -0.2) is 0 Å². The van der Waals surface area contributed by atoms with Crippen molar-refractivity contribution in [2.45, 2.75) is 24.7 Å². The summed E-state index contributed by atoms with van der Waals surface area (Å²) in [5.74, 6) is 0. The van der Waals surface area contributed by atoms with E-state index in [0.717, 1.165) is 19.4 Å². The van der Waals surface area contributed by atoms with E-state index >= 15 is 0 Å². The lowest BCUT2D eigenvalue weighted by atomic mass is 10.4. The number of benzene rings is 1. The van der Waals surface area contributed by atoms with Crippen LogP contribution >= 0.6 is 0 Å². The molecular weight excluding hydrogens is 560 g/mol. The summed E-state index contributed by atoms with van der Waals surface area (Å²) >= 11 is 0. The van der Waals surface area contributed by atoms with Gasteiger partial charge in [0.15, 0.2) is 0 Å². The molecule has 41 heavy (non-hydrogen) atoms. The number of rotatable bonds is 32. The molecule has 0 spiro atoms. The van der Waals surface area contributed by atoms with Gasteiger partial charge in [0.05, 0.1) is 124 Å². The quantitative estimate of drug-likeness (QED) is 0.0878. The second kappa shape index (κ2) is 28.9. The molecule has 0 fully saturated rings. The average Bonchev–Trinajstić information content (AvgIpc) is 2.98. The zero-order valence-electron chi connectivity index (χ0n) is 24.5. The summed E-state index contributed by atoms with van der Waals surface area (Å²) in [4.78, 5) is 0.124. The maximum Gasteiger partial charge on any atom is 0.297 e. The van der Waals surface area contributed by atoms with E-state index < -0.39 is 10.1 Å². The molecule has 0 heterocycles. The normalized spacial score (nSPS) is 11.8. The monoisotopic (exact) mass is 610 g/mol. The van der Waals surface area contributed by atoms with Gasteiger partial charge in [-0.3, -0.25) is 4.18 Å². The summed E-state index contributed by atoms with van der Waals surface area (Å²) in [6.07, 6.45) is 2.23. The van der Waals surface area contributed by atoms with E-state index in [-0.39, 0.29) is 18.1 Å². The lowest BCUT2D eigenvalue weighted by Gasteiger charge is -2.09. The fraction of sp³-hybridized carbons (Fsp3) is 0.786. The molecule has 0 aromatic heterocycles. The third kappa shape index (κ3) is 25.0. The van der Waals surface area contributed by atoms with Gasteiger partial charge in [0.1, 0.15) is 0 Å².